The fourth-order valence-electron chi connectivity index (χ4n) is 1.64. The summed E-state index contributed by atoms with van der Waals surface area (Å²) in [5.74, 6) is 0.660. The average Bonchev–Trinajstić information content (AvgIpc) is 2.37. The van der Waals surface area contributed by atoms with Crippen LogP contribution in [-0.4, -0.2) is 36.2 Å². The van der Waals surface area contributed by atoms with Crippen molar-refractivity contribution in [1.82, 2.24) is 0 Å². The Bertz CT molecular complexity index is 409. The van der Waals surface area contributed by atoms with E-state index in [1.54, 1.807) is 37.1 Å². The summed E-state index contributed by atoms with van der Waals surface area (Å²) in [6.45, 7) is 2.08. The van der Waals surface area contributed by atoms with E-state index in [1.807, 2.05) is 6.26 Å². The van der Waals surface area contributed by atoms with Gasteiger partial charge in [-0.05, 0) is 24.8 Å². The molecule has 1 aromatic carbocycles. The fourth-order valence-corrected chi connectivity index (χ4v) is 2.36. The van der Waals surface area contributed by atoms with Gasteiger partial charge in [0.05, 0.1) is 18.4 Å². The summed E-state index contributed by atoms with van der Waals surface area (Å²) >= 11 is 1.74. The minimum Gasteiger partial charge on any atom is -0.497 e. The van der Waals surface area contributed by atoms with E-state index in [4.69, 9.17) is 9.84 Å². The van der Waals surface area contributed by atoms with Crippen LogP contribution >= 0.6 is 11.8 Å². The number of thioether (sulfide) groups is 1. The van der Waals surface area contributed by atoms with E-state index < -0.39 is 5.97 Å². The van der Waals surface area contributed by atoms with Crippen LogP contribution in [-0.2, 0) is 0 Å². The lowest BCUT2D eigenvalue weighted by Crippen LogP contribution is -2.22. The van der Waals surface area contributed by atoms with Crippen molar-refractivity contribution in [3.8, 4) is 5.75 Å². The van der Waals surface area contributed by atoms with Crippen LogP contribution < -0.4 is 10.1 Å². The molecule has 2 N–H and O–H groups in total. The van der Waals surface area contributed by atoms with Crippen molar-refractivity contribution in [3.05, 3.63) is 23.8 Å². The minimum atomic E-state index is -0.931. The molecule has 0 aliphatic rings. The van der Waals surface area contributed by atoms with Crippen LogP contribution in [0.2, 0.25) is 0 Å². The van der Waals surface area contributed by atoms with Crippen LogP contribution in [0.1, 0.15) is 23.7 Å². The second-order valence-corrected chi connectivity index (χ2v) is 4.83. The summed E-state index contributed by atoms with van der Waals surface area (Å²) in [6, 6.07) is 5.21. The van der Waals surface area contributed by atoms with E-state index in [-0.39, 0.29) is 11.6 Å². The summed E-state index contributed by atoms with van der Waals surface area (Å²) in [7, 11) is 1.57. The van der Waals surface area contributed by atoms with E-state index in [9.17, 15) is 4.79 Å². The number of rotatable bonds is 7. The normalized spacial score (nSPS) is 11.9. The van der Waals surface area contributed by atoms with Gasteiger partial charge < -0.3 is 15.2 Å². The molecule has 0 heterocycles. The lowest BCUT2D eigenvalue weighted by Gasteiger charge is -2.19. The third-order valence-corrected chi connectivity index (χ3v) is 3.41. The molecule has 18 heavy (non-hydrogen) atoms. The molecule has 100 valence electrons. The van der Waals surface area contributed by atoms with Gasteiger partial charge in [0.1, 0.15) is 5.75 Å². The Kier molecular flexibility index (Phi) is 5.85. The number of anilines is 1. The zero-order valence-corrected chi connectivity index (χ0v) is 11.7. The second kappa shape index (κ2) is 7.16. The molecule has 1 atom stereocenters. The minimum absolute atomic E-state index is 0.255. The highest BCUT2D eigenvalue weighted by Gasteiger charge is 2.14. The fraction of sp³-hybridized carbons (Fsp3) is 0.462. The van der Waals surface area contributed by atoms with Crippen molar-refractivity contribution in [2.24, 2.45) is 0 Å². The third-order valence-electron chi connectivity index (χ3n) is 2.68. The number of methoxy groups -OCH3 is 1. The number of ether oxygens (including phenoxy) is 1. The third kappa shape index (κ3) is 3.84. The molecule has 0 spiro atoms. The molecule has 0 aliphatic heterocycles. The molecule has 4 nitrogen and oxygen atoms in total. The van der Waals surface area contributed by atoms with Crippen molar-refractivity contribution < 1.29 is 14.6 Å². The highest BCUT2D eigenvalue weighted by atomic mass is 32.2. The van der Waals surface area contributed by atoms with Crippen molar-refractivity contribution in [3.63, 3.8) is 0 Å². The molecule has 1 rings (SSSR count). The van der Waals surface area contributed by atoms with Crippen molar-refractivity contribution >= 4 is 23.4 Å². The number of hydrogen-bond acceptors (Lipinski definition) is 4. The number of benzene rings is 1. The quantitative estimate of drug-likeness (QED) is 0.797. The van der Waals surface area contributed by atoms with Gasteiger partial charge in [-0.25, -0.2) is 4.79 Å². The first-order chi connectivity index (χ1) is 8.62. The van der Waals surface area contributed by atoms with Crippen molar-refractivity contribution in [2.45, 2.75) is 19.4 Å². The molecule has 0 radical (unpaired) electrons. The zero-order chi connectivity index (χ0) is 13.5. The van der Waals surface area contributed by atoms with Crippen molar-refractivity contribution in [2.75, 3.05) is 24.4 Å². The molecule has 1 unspecified atom stereocenters. The van der Waals surface area contributed by atoms with E-state index in [0.717, 1.165) is 12.2 Å². The highest BCUT2D eigenvalue weighted by Crippen LogP contribution is 2.24. The van der Waals surface area contributed by atoms with Crippen LogP contribution in [0.15, 0.2) is 18.2 Å². The average molecular weight is 269 g/mol. The Labute approximate surface area is 112 Å². The predicted octanol–water partition coefficient (Wildman–Crippen LogP) is 2.95. The van der Waals surface area contributed by atoms with E-state index in [2.05, 4.69) is 12.2 Å². The Morgan fingerprint density at radius 3 is 2.78 bits per heavy atom. The zero-order valence-electron chi connectivity index (χ0n) is 10.9. The topological polar surface area (TPSA) is 58.6 Å². The van der Waals surface area contributed by atoms with Crippen LogP contribution in [0.25, 0.3) is 0 Å². The van der Waals surface area contributed by atoms with E-state index in [0.29, 0.717) is 11.4 Å². The van der Waals surface area contributed by atoms with Gasteiger partial charge in [0, 0.05) is 17.9 Å². The second-order valence-electron chi connectivity index (χ2n) is 3.92. The maximum absolute atomic E-state index is 11.2. The highest BCUT2D eigenvalue weighted by molar-refractivity contribution is 7.98. The van der Waals surface area contributed by atoms with Gasteiger partial charge in [0.2, 0.25) is 0 Å². The summed E-state index contributed by atoms with van der Waals surface area (Å²) in [4.78, 5) is 11.2. The van der Waals surface area contributed by atoms with Crippen LogP contribution in [0.3, 0.4) is 0 Å². The molecular weight excluding hydrogens is 250 g/mol. The first-order valence-corrected chi connectivity index (χ1v) is 7.18. The molecule has 0 fully saturated rings. The van der Waals surface area contributed by atoms with Gasteiger partial charge in [-0.1, -0.05) is 6.92 Å². The number of hydrogen-bond donors (Lipinski definition) is 2. The van der Waals surface area contributed by atoms with Crippen LogP contribution in [0.4, 0.5) is 5.69 Å². The van der Waals surface area contributed by atoms with Gasteiger partial charge in [0.25, 0.3) is 0 Å². The molecule has 5 heteroatoms. The summed E-state index contributed by atoms with van der Waals surface area (Å²) < 4.78 is 5.13. The number of nitrogens with one attached hydrogen (secondary N) is 1. The summed E-state index contributed by atoms with van der Waals surface area (Å²) in [6.07, 6.45) is 2.98. The Hall–Kier alpha value is -1.36. The molecule has 0 aliphatic carbocycles. The molecule has 0 saturated carbocycles. The molecular formula is C13H19NO3S. The van der Waals surface area contributed by atoms with Gasteiger partial charge in [-0.2, -0.15) is 11.8 Å². The van der Waals surface area contributed by atoms with Crippen LogP contribution in [0, 0.1) is 0 Å². The smallest absolute Gasteiger partial charge is 0.337 e. The molecule has 1 aromatic rings. The van der Waals surface area contributed by atoms with Gasteiger partial charge in [-0.15, -0.1) is 0 Å². The monoisotopic (exact) mass is 269 g/mol. The maximum Gasteiger partial charge on any atom is 0.337 e. The van der Waals surface area contributed by atoms with E-state index >= 15 is 0 Å². The van der Waals surface area contributed by atoms with Crippen LogP contribution in [0.5, 0.6) is 5.75 Å². The first-order valence-electron chi connectivity index (χ1n) is 5.79. The number of carboxylic acids is 1. The SMILES string of the molecule is CCC(CSC)Nc1cc(OC)ccc1C(=O)O. The number of carboxylic acid groups (broad SMARTS) is 1. The molecule has 0 saturated heterocycles. The maximum atomic E-state index is 11.2. The number of aromatic carboxylic acids is 1. The molecule has 0 aromatic heterocycles. The molecule has 0 bridgehead atoms. The summed E-state index contributed by atoms with van der Waals surface area (Å²) in [5, 5.41) is 12.4. The Morgan fingerprint density at radius 2 is 2.28 bits per heavy atom. The van der Waals surface area contributed by atoms with Gasteiger partial charge in [-0.3, -0.25) is 0 Å². The lowest BCUT2D eigenvalue weighted by molar-refractivity contribution is 0.0698. The van der Waals surface area contributed by atoms with Gasteiger partial charge in [0.15, 0.2) is 0 Å². The largest absolute Gasteiger partial charge is 0.497 e. The Balaban J connectivity index is 2.99. The van der Waals surface area contributed by atoms with Crippen molar-refractivity contribution in [1.29, 1.82) is 0 Å². The summed E-state index contributed by atoms with van der Waals surface area (Å²) in [5.41, 5.74) is 0.887. The Morgan fingerprint density at radius 1 is 1.56 bits per heavy atom. The standard InChI is InChI=1S/C13H19NO3S/c1-4-9(8-18-3)14-12-7-10(17-2)5-6-11(12)13(15)16/h5-7,9,14H,4,8H2,1-3H3,(H,15,16). The predicted molar refractivity (Wildman–Crippen MR) is 76.0 cm³/mol. The van der Waals surface area contributed by atoms with Gasteiger partial charge >= 0.3 is 5.97 Å². The van der Waals surface area contributed by atoms with E-state index in [1.165, 1.54) is 0 Å². The lowest BCUT2D eigenvalue weighted by atomic mass is 10.1. The molecule has 0 amide bonds. The first kappa shape index (κ1) is 14.7. The number of carbonyl (C=O) groups is 1.